The molecule has 0 N–H and O–H groups in total. The number of esters is 4. The molecule has 2 atom stereocenters. The van der Waals surface area contributed by atoms with Gasteiger partial charge in [-0.25, -0.2) is 19.2 Å². The van der Waals surface area contributed by atoms with Crippen molar-refractivity contribution in [3.8, 4) is 0 Å². The second-order valence-corrected chi connectivity index (χ2v) is 3.95. The van der Waals surface area contributed by atoms with E-state index in [1.54, 1.807) is 0 Å². The van der Waals surface area contributed by atoms with E-state index in [0.717, 1.165) is 24.3 Å². The molecule has 0 aromatic carbocycles. The molecule has 0 heterocycles. The summed E-state index contributed by atoms with van der Waals surface area (Å²) < 4.78 is 24.2. The third-order valence-electron chi connectivity index (χ3n) is 2.19. The first-order valence-corrected chi connectivity index (χ1v) is 6.76. The molecule has 0 aromatic rings. The van der Waals surface area contributed by atoms with Gasteiger partial charge in [0.05, 0.1) is 0 Å². The van der Waals surface area contributed by atoms with E-state index in [1.807, 2.05) is 0 Å². The summed E-state index contributed by atoms with van der Waals surface area (Å²) in [6.07, 6.45) is 0.502. The summed E-state index contributed by atoms with van der Waals surface area (Å²) in [5.74, 6) is -3.39. The van der Waals surface area contributed by atoms with Crippen LogP contribution in [-0.2, 0) is 42.9 Å². The maximum absolute atomic E-state index is 11.3. The fourth-order valence-electron chi connectivity index (χ4n) is 1.14. The molecular weight excluding hydrogens is 336 g/mol. The zero-order valence-corrected chi connectivity index (χ0v) is 13.4. The van der Waals surface area contributed by atoms with Crippen LogP contribution in [0.3, 0.4) is 0 Å². The zero-order valence-electron chi connectivity index (χ0n) is 13.4. The average Bonchev–Trinajstić information content (AvgIpc) is 2.62. The Morgan fingerprint density at radius 2 is 0.960 bits per heavy atom. The summed E-state index contributed by atoms with van der Waals surface area (Å²) in [5, 5.41) is 0. The van der Waals surface area contributed by atoms with E-state index in [4.69, 9.17) is 23.7 Å². The molecule has 0 saturated carbocycles. The van der Waals surface area contributed by atoms with Crippen molar-refractivity contribution in [1.29, 1.82) is 0 Å². The van der Waals surface area contributed by atoms with E-state index in [1.165, 1.54) is 0 Å². The molecule has 0 radical (unpaired) electrons. The highest BCUT2D eigenvalue weighted by molar-refractivity contribution is 5.82. The molecule has 25 heavy (non-hydrogen) atoms. The van der Waals surface area contributed by atoms with E-state index >= 15 is 0 Å². The smallest absolute Gasteiger partial charge is 0.332 e. The lowest BCUT2D eigenvalue weighted by atomic mass is 10.5. The van der Waals surface area contributed by atoms with Crippen LogP contribution in [0.2, 0.25) is 0 Å². The van der Waals surface area contributed by atoms with E-state index < -0.39 is 49.7 Å². The minimum Gasteiger partial charge on any atom is -0.456 e. The molecule has 0 spiro atoms. The van der Waals surface area contributed by atoms with Gasteiger partial charge >= 0.3 is 23.9 Å². The molecule has 2 unspecified atom stereocenters. The van der Waals surface area contributed by atoms with Gasteiger partial charge in [-0.2, -0.15) is 0 Å². The van der Waals surface area contributed by atoms with Crippen LogP contribution in [0.4, 0.5) is 0 Å². The van der Waals surface area contributed by atoms with Gasteiger partial charge in [-0.05, 0) is 0 Å². The predicted molar refractivity (Wildman–Crippen MR) is 83.6 cm³/mol. The van der Waals surface area contributed by atoms with Crippen molar-refractivity contribution in [2.24, 2.45) is 0 Å². The third-order valence-corrected chi connectivity index (χ3v) is 2.19. The highest BCUT2D eigenvalue weighted by atomic mass is 16.8. The lowest BCUT2D eigenvalue weighted by Crippen LogP contribution is -2.36. The lowest BCUT2D eigenvalue weighted by molar-refractivity contribution is -0.252. The van der Waals surface area contributed by atoms with Crippen molar-refractivity contribution < 1.29 is 42.9 Å². The SMILES string of the molecule is C=CC(=O)OCC(OC(=O)C=C)OC(COC(=O)C=C)OC(=O)C=C. The third kappa shape index (κ3) is 10.2. The van der Waals surface area contributed by atoms with Gasteiger partial charge in [0, 0.05) is 24.3 Å². The molecule has 0 saturated heterocycles. The van der Waals surface area contributed by atoms with Crippen molar-refractivity contribution in [2.75, 3.05) is 13.2 Å². The maximum atomic E-state index is 11.3. The molecule has 0 aliphatic carbocycles. The second-order valence-electron chi connectivity index (χ2n) is 3.95. The summed E-state index contributed by atoms with van der Waals surface area (Å²) in [4.78, 5) is 44.8. The van der Waals surface area contributed by atoms with Crippen LogP contribution in [-0.4, -0.2) is 49.7 Å². The van der Waals surface area contributed by atoms with Crippen molar-refractivity contribution >= 4 is 23.9 Å². The molecule has 9 nitrogen and oxygen atoms in total. The first-order chi connectivity index (χ1) is 11.9. The first kappa shape index (κ1) is 21.8. The molecule has 0 rings (SSSR count). The van der Waals surface area contributed by atoms with Gasteiger partial charge in [0.2, 0.25) is 12.6 Å². The van der Waals surface area contributed by atoms with Gasteiger partial charge < -0.3 is 18.9 Å². The molecule has 0 aromatic heterocycles. The number of ether oxygens (including phenoxy) is 5. The van der Waals surface area contributed by atoms with Gasteiger partial charge in [0.15, 0.2) is 13.2 Å². The Hall–Kier alpha value is -3.20. The minimum absolute atomic E-state index is 0.540. The number of hydrogen-bond acceptors (Lipinski definition) is 9. The van der Waals surface area contributed by atoms with E-state index in [0.29, 0.717) is 0 Å². The van der Waals surface area contributed by atoms with Crippen molar-refractivity contribution in [1.82, 2.24) is 0 Å². The zero-order chi connectivity index (χ0) is 19.2. The molecular formula is C16H18O9. The standard InChI is InChI=1S/C16H18O9/c1-5-11(17)21-9-15(23-13(19)7-3)25-16(24-14(20)8-4)10-22-12(18)6-2/h5-8,15-16H,1-4,9-10H2. The average molecular weight is 354 g/mol. The summed E-state index contributed by atoms with van der Waals surface area (Å²) in [6.45, 7) is 11.7. The number of carbonyl (C=O) groups is 4. The Morgan fingerprint density at radius 1 is 0.640 bits per heavy atom. The summed E-state index contributed by atoms with van der Waals surface area (Å²) in [5.41, 5.74) is 0. The summed E-state index contributed by atoms with van der Waals surface area (Å²) in [6, 6.07) is 0. The van der Waals surface area contributed by atoms with Gasteiger partial charge in [-0.1, -0.05) is 26.3 Å². The Bertz CT molecular complexity index is 502. The molecule has 0 aliphatic rings. The van der Waals surface area contributed by atoms with Crippen molar-refractivity contribution in [2.45, 2.75) is 12.6 Å². The quantitative estimate of drug-likeness (QED) is 0.215. The molecule has 0 bridgehead atoms. The Kier molecular flexibility index (Phi) is 10.7. The van der Waals surface area contributed by atoms with Crippen LogP contribution < -0.4 is 0 Å². The normalized spacial score (nSPS) is 11.8. The number of hydrogen-bond donors (Lipinski definition) is 0. The van der Waals surface area contributed by atoms with E-state index in [9.17, 15) is 19.2 Å². The molecule has 136 valence electrons. The predicted octanol–water partition coefficient (Wildman–Crippen LogP) is 0.572. The number of carbonyl (C=O) groups excluding carboxylic acids is 4. The highest BCUT2D eigenvalue weighted by Crippen LogP contribution is 2.07. The molecule has 0 aliphatic heterocycles. The van der Waals surface area contributed by atoms with E-state index in [2.05, 4.69) is 26.3 Å². The van der Waals surface area contributed by atoms with Crippen LogP contribution in [0.25, 0.3) is 0 Å². The van der Waals surface area contributed by atoms with Crippen LogP contribution in [0, 0.1) is 0 Å². The monoisotopic (exact) mass is 354 g/mol. The van der Waals surface area contributed by atoms with Gasteiger partial charge in [0.25, 0.3) is 0 Å². The summed E-state index contributed by atoms with van der Waals surface area (Å²) in [7, 11) is 0. The molecule has 0 fully saturated rings. The van der Waals surface area contributed by atoms with Gasteiger partial charge in [-0.3, -0.25) is 4.74 Å². The Balaban J connectivity index is 5.02. The van der Waals surface area contributed by atoms with Gasteiger partial charge in [0.1, 0.15) is 0 Å². The fraction of sp³-hybridized carbons (Fsp3) is 0.250. The molecule has 0 amide bonds. The maximum Gasteiger partial charge on any atom is 0.332 e. The second kappa shape index (κ2) is 12.3. The van der Waals surface area contributed by atoms with Crippen LogP contribution in [0.5, 0.6) is 0 Å². The fourth-order valence-corrected chi connectivity index (χ4v) is 1.14. The van der Waals surface area contributed by atoms with Crippen LogP contribution in [0.1, 0.15) is 0 Å². The Labute approximate surface area is 144 Å². The van der Waals surface area contributed by atoms with Gasteiger partial charge in [-0.15, -0.1) is 0 Å². The summed E-state index contributed by atoms with van der Waals surface area (Å²) >= 11 is 0. The molecule has 9 heteroatoms. The highest BCUT2D eigenvalue weighted by Gasteiger charge is 2.24. The minimum atomic E-state index is -1.47. The number of rotatable bonds is 12. The first-order valence-electron chi connectivity index (χ1n) is 6.76. The van der Waals surface area contributed by atoms with Crippen LogP contribution >= 0.6 is 0 Å². The van der Waals surface area contributed by atoms with Crippen LogP contribution in [0.15, 0.2) is 50.6 Å². The lowest BCUT2D eigenvalue weighted by Gasteiger charge is -2.23. The van der Waals surface area contributed by atoms with E-state index in [-0.39, 0.29) is 0 Å². The Morgan fingerprint density at radius 3 is 1.24 bits per heavy atom. The van der Waals surface area contributed by atoms with Crippen molar-refractivity contribution in [3.63, 3.8) is 0 Å². The largest absolute Gasteiger partial charge is 0.456 e. The topological polar surface area (TPSA) is 114 Å². The van der Waals surface area contributed by atoms with Crippen molar-refractivity contribution in [3.05, 3.63) is 50.6 Å².